The third-order valence-electron chi connectivity index (χ3n) is 2.53. The molecule has 0 radical (unpaired) electrons. The van der Waals surface area contributed by atoms with Crippen LogP contribution in [0, 0.1) is 0 Å². The molecular weight excluding hydrogens is 256 g/mol. The maximum absolute atomic E-state index is 11.0. The first-order valence-corrected chi connectivity index (χ1v) is 6.20. The van der Waals surface area contributed by atoms with E-state index in [0.29, 0.717) is 29.2 Å². The fourth-order valence-corrected chi connectivity index (χ4v) is 1.75. The smallest absolute Gasteiger partial charge is 0.344 e. The van der Waals surface area contributed by atoms with E-state index in [1.807, 2.05) is 6.92 Å². The first-order chi connectivity index (χ1) is 8.45. The van der Waals surface area contributed by atoms with Gasteiger partial charge in [-0.1, -0.05) is 31.0 Å². The van der Waals surface area contributed by atoms with Gasteiger partial charge in [-0.3, -0.25) is 0 Å². The number of halogens is 1. The van der Waals surface area contributed by atoms with E-state index in [2.05, 4.69) is 0 Å². The second kappa shape index (κ2) is 6.61. The summed E-state index contributed by atoms with van der Waals surface area (Å²) in [4.78, 5) is 11.0. The van der Waals surface area contributed by atoms with Crippen molar-refractivity contribution < 1.29 is 19.7 Å². The number of carboxylic acids is 1. The second-order valence-corrected chi connectivity index (χ2v) is 4.51. The molecule has 1 aromatic rings. The minimum Gasteiger partial charge on any atom is -0.479 e. The Kier molecular flexibility index (Phi) is 5.44. The maximum atomic E-state index is 11.0. The molecule has 0 saturated carbocycles. The zero-order chi connectivity index (χ0) is 13.7. The number of ether oxygens (including phenoxy) is 1. The summed E-state index contributed by atoms with van der Waals surface area (Å²) in [7, 11) is 0. The molecule has 0 aliphatic heterocycles. The van der Waals surface area contributed by atoms with Crippen LogP contribution in [0.15, 0.2) is 18.2 Å². The lowest BCUT2D eigenvalue weighted by Crippen LogP contribution is -2.26. The Morgan fingerprint density at radius 2 is 2.17 bits per heavy atom. The number of carboxylic acid groups (broad SMARTS) is 1. The lowest BCUT2D eigenvalue weighted by atomic mass is 10.1. The molecule has 1 aromatic carbocycles. The third kappa shape index (κ3) is 3.89. The van der Waals surface area contributed by atoms with Crippen molar-refractivity contribution in [3.63, 3.8) is 0 Å². The summed E-state index contributed by atoms with van der Waals surface area (Å²) in [6, 6.07) is 4.82. The van der Waals surface area contributed by atoms with Gasteiger partial charge in [0.05, 0.1) is 11.1 Å². The zero-order valence-electron chi connectivity index (χ0n) is 10.4. The van der Waals surface area contributed by atoms with E-state index in [-0.39, 0.29) is 0 Å². The summed E-state index contributed by atoms with van der Waals surface area (Å²) >= 11 is 5.99. The van der Waals surface area contributed by atoms with Crippen molar-refractivity contribution >= 4 is 17.6 Å². The number of hydrogen-bond acceptors (Lipinski definition) is 3. The highest BCUT2D eigenvalue weighted by Gasteiger charge is 2.19. The Hall–Kier alpha value is -1.26. The number of benzene rings is 1. The second-order valence-electron chi connectivity index (χ2n) is 4.10. The van der Waals surface area contributed by atoms with E-state index in [1.165, 1.54) is 0 Å². The van der Waals surface area contributed by atoms with Crippen LogP contribution < -0.4 is 4.74 Å². The van der Waals surface area contributed by atoms with Gasteiger partial charge in [-0.15, -0.1) is 0 Å². The van der Waals surface area contributed by atoms with E-state index in [9.17, 15) is 9.90 Å². The molecule has 4 nitrogen and oxygen atoms in total. The van der Waals surface area contributed by atoms with Gasteiger partial charge in [0, 0.05) is 0 Å². The van der Waals surface area contributed by atoms with Crippen molar-refractivity contribution in [2.75, 3.05) is 0 Å². The molecule has 0 aromatic heterocycles. The van der Waals surface area contributed by atoms with Crippen LogP contribution >= 0.6 is 11.6 Å². The molecule has 2 atom stereocenters. The van der Waals surface area contributed by atoms with Gasteiger partial charge >= 0.3 is 5.97 Å². The number of rotatable bonds is 6. The van der Waals surface area contributed by atoms with Crippen LogP contribution in [0.4, 0.5) is 0 Å². The van der Waals surface area contributed by atoms with Crippen molar-refractivity contribution in [2.24, 2.45) is 0 Å². The minimum atomic E-state index is -1.01. The van der Waals surface area contributed by atoms with Gasteiger partial charge in [-0.05, 0) is 31.0 Å². The largest absolute Gasteiger partial charge is 0.479 e. The first kappa shape index (κ1) is 14.8. The summed E-state index contributed by atoms with van der Waals surface area (Å²) in [6.07, 6.45) is -0.392. The fraction of sp³-hybridized carbons (Fsp3) is 0.462. The Balaban J connectivity index is 2.86. The summed E-state index contributed by atoms with van der Waals surface area (Å²) in [5, 5.41) is 18.7. The quantitative estimate of drug-likeness (QED) is 0.835. The molecule has 1 unspecified atom stereocenters. The molecule has 0 amide bonds. The zero-order valence-corrected chi connectivity index (χ0v) is 11.1. The summed E-state index contributed by atoms with van der Waals surface area (Å²) in [6.45, 7) is 3.51. The van der Waals surface area contributed by atoms with Gasteiger partial charge in [0.1, 0.15) is 5.75 Å². The highest BCUT2D eigenvalue weighted by Crippen LogP contribution is 2.29. The van der Waals surface area contributed by atoms with Gasteiger partial charge in [-0.2, -0.15) is 0 Å². The van der Waals surface area contributed by atoms with Crippen molar-refractivity contribution in [1.29, 1.82) is 0 Å². The highest BCUT2D eigenvalue weighted by molar-refractivity contribution is 6.32. The Morgan fingerprint density at radius 3 is 2.61 bits per heavy atom. The average Bonchev–Trinajstić information content (AvgIpc) is 2.30. The molecule has 18 heavy (non-hydrogen) atoms. The normalized spacial score (nSPS) is 14.0. The number of aliphatic carboxylic acids is 1. The highest BCUT2D eigenvalue weighted by atomic mass is 35.5. The van der Waals surface area contributed by atoms with Crippen molar-refractivity contribution in [3.8, 4) is 5.75 Å². The molecule has 0 spiro atoms. The lowest BCUT2D eigenvalue weighted by molar-refractivity contribution is -0.145. The van der Waals surface area contributed by atoms with Gasteiger partial charge in [0.15, 0.2) is 6.10 Å². The van der Waals surface area contributed by atoms with E-state index >= 15 is 0 Å². The molecule has 2 N–H and O–H groups in total. The third-order valence-corrected chi connectivity index (χ3v) is 2.83. The van der Waals surface area contributed by atoms with Crippen molar-refractivity contribution in [1.82, 2.24) is 0 Å². The SMILES string of the molecule is CCCC(Oc1ccc([C@H](C)O)cc1Cl)C(=O)O. The Morgan fingerprint density at radius 1 is 1.50 bits per heavy atom. The summed E-state index contributed by atoms with van der Waals surface area (Å²) in [5.41, 5.74) is 0.662. The number of hydrogen-bond donors (Lipinski definition) is 2. The van der Waals surface area contributed by atoms with E-state index in [1.54, 1.807) is 25.1 Å². The van der Waals surface area contributed by atoms with Crippen LogP contribution in [0.25, 0.3) is 0 Å². The fourth-order valence-electron chi connectivity index (χ4n) is 1.52. The minimum absolute atomic E-state index is 0.302. The molecular formula is C13H17ClO4. The molecule has 0 aliphatic rings. The standard InChI is InChI=1S/C13H17ClO4/c1-3-4-12(13(16)17)18-11-6-5-9(8(2)15)7-10(11)14/h5-8,12,15H,3-4H2,1-2H3,(H,16,17)/t8-,12?/m0/s1. The number of aliphatic hydroxyl groups excluding tert-OH is 1. The van der Waals surface area contributed by atoms with Gasteiger partial charge in [0.2, 0.25) is 0 Å². The summed E-state index contributed by atoms with van der Waals surface area (Å²) in [5.74, 6) is -0.686. The molecule has 0 fully saturated rings. The lowest BCUT2D eigenvalue weighted by Gasteiger charge is -2.16. The predicted molar refractivity (Wildman–Crippen MR) is 69.0 cm³/mol. The molecule has 0 bridgehead atoms. The maximum Gasteiger partial charge on any atom is 0.344 e. The van der Waals surface area contributed by atoms with Crippen LogP contribution in [-0.2, 0) is 4.79 Å². The van der Waals surface area contributed by atoms with Crippen LogP contribution in [0.3, 0.4) is 0 Å². The van der Waals surface area contributed by atoms with Crippen LogP contribution in [-0.4, -0.2) is 22.3 Å². The van der Waals surface area contributed by atoms with Crippen molar-refractivity contribution in [3.05, 3.63) is 28.8 Å². The molecule has 100 valence electrons. The molecule has 0 heterocycles. The predicted octanol–water partition coefficient (Wildman–Crippen LogP) is 3.03. The van der Waals surface area contributed by atoms with Crippen molar-refractivity contribution in [2.45, 2.75) is 38.9 Å². The van der Waals surface area contributed by atoms with Gasteiger partial charge in [0.25, 0.3) is 0 Å². The summed E-state index contributed by atoms with van der Waals surface area (Å²) < 4.78 is 5.37. The molecule has 0 saturated heterocycles. The molecule has 1 rings (SSSR count). The van der Waals surface area contributed by atoms with E-state index in [0.717, 1.165) is 0 Å². The van der Waals surface area contributed by atoms with Crippen LogP contribution in [0.5, 0.6) is 5.75 Å². The average molecular weight is 273 g/mol. The topological polar surface area (TPSA) is 66.8 Å². The van der Waals surface area contributed by atoms with E-state index < -0.39 is 18.2 Å². The first-order valence-electron chi connectivity index (χ1n) is 5.82. The van der Waals surface area contributed by atoms with Gasteiger partial charge < -0.3 is 14.9 Å². The molecule has 5 heteroatoms. The monoisotopic (exact) mass is 272 g/mol. The van der Waals surface area contributed by atoms with E-state index in [4.69, 9.17) is 21.4 Å². The Bertz CT molecular complexity index is 417. The van der Waals surface area contributed by atoms with Crippen LogP contribution in [0.1, 0.15) is 38.4 Å². The number of aliphatic hydroxyl groups is 1. The van der Waals surface area contributed by atoms with Crippen LogP contribution in [0.2, 0.25) is 5.02 Å². The van der Waals surface area contributed by atoms with Gasteiger partial charge in [-0.25, -0.2) is 4.79 Å². The Labute approximate surface area is 111 Å². The number of carbonyl (C=O) groups is 1. The molecule has 0 aliphatic carbocycles.